The molecule has 0 aliphatic heterocycles. The van der Waals surface area contributed by atoms with Gasteiger partial charge in [0.05, 0.1) is 10.5 Å². The van der Waals surface area contributed by atoms with Gasteiger partial charge in [-0.15, -0.1) is 0 Å². The first-order valence-corrected chi connectivity index (χ1v) is 5.75. The van der Waals surface area contributed by atoms with Crippen molar-refractivity contribution in [3.05, 3.63) is 57.9 Å². The molecular weight excluding hydrogens is 305 g/mol. The number of carboxylic acid groups (broad SMARTS) is 1. The summed E-state index contributed by atoms with van der Waals surface area (Å²) in [6, 6.07) is 5.25. The number of hydrogen-bond acceptors (Lipinski definition) is 4. The highest BCUT2D eigenvalue weighted by Crippen LogP contribution is 2.33. The van der Waals surface area contributed by atoms with Crippen LogP contribution in [-0.4, -0.2) is 21.0 Å². The molecule has 9 heteroatoms. The summed E-state index contributed by atoms with van der Waals surface area (Å²) < 4.78 is 38.1. The number of hydrogen-bond donors (Lipinski definition) is 1. The van der Waals surface area contributed by atoms with E-state index in [-0.39, 0.29) is 16.8 Å². The molecule has 0 fully saturated rings. The zero-order valence-corrected chi connectivity index (χ0v) is 10.7. The van der Waals surface area contributed by atoms with Crippen LogP contribution < -0.4 is 0 Å². The van der Waals surface area contributed by atoms with Crippen LogP contribution >= 0.6 is 0 Å². The Morgan fingerprint density at radius 1 is 1.27 bits per heavy atom. The predicted molar refractivity (Wildman–Crippen MR) is 68.3 cm³/mol. The fraction of sp³-hybridized carbons (Fsp3) is 0.0769. The molecule has 6 nitrogen and oxygen atoms in total. The molecule has 0 saturated carbocycles. The van der Waals surface area contributed by atoms with Gasteiger partial charge in [-0.3, -0.25) is 15.1 Å². The number of alkyl halides is 3. The quantitative estimate of drug-likeness (QED) is 0.692. The molecule has 0 atom stereocenters. The zero-order valence-electron chi connectivity index (χ0n) is 10.7. The maximum atomic E-state index is 12.7. The highest BCUT2D eigenvalue weighted by molar-refractivity contribution is 5.96. The summed E-state index contributed by atoms with van der Waals surface area (Å²) in [5.74, 6) is -1.48. The van der Waals surface area contributed by atoms with Crippen LogP contribution in [0.2, 0.25) is 0 Å². The lowest BCUT2D eigenvalue weighted by atomic mass is 10.00. The van der Waals surface area contributed by atoms with Crippen molar-refractivity contribution in [1.29, 1.82) is 0 Å². The van der Waals surface area contributed by atoms with E-state index in [1.165, 1.54) is 12.1 Å². The van der Waals surface area contributed by atoms with Crippen molar-refractivity contribution < 1.29 is 28.0 Å². The van der Waals surface area contributed by atoms with Crippen LogP contribution in [0.1, 0.15) is 16.1 Å². The van der Waals surface area contributed by atoms with Gasteiger partial charge in [0.25, 0.3) is 5.69 Å². The Balaban J connectivity index is 2.68. The average Bonchev–Trinajstić information content (AvgIpc) is 2.45. The van der Waals surface area contributed by atoms with E-state index in [0.29, 0.717) is 12.3 Å². The molecule has 1 aromatic heterocycles. The standard InChI is InChI=1S/C13H7F3N2O4/c14-13(15,16)11-5-9(10(6-17-11)12(19)20)7-2-1-3-8(4-7)18(21)22/h1-6H,(H,19,20). The fourth-order valence-corrected chi connectivity index (χ4v) is 1.81. The number of nitro groups is 1. The largest absolute Gasteiger partial charge is 0.478 e. The van der Waals surface area contributed by atoms with E-state index in [1.807, 2.05) is 0 Å². The van der Waals surface area contributed by atoms with Crippen LogP contribution in [0.25, 0.3) is 11.1 Å². The molecule has 114 valence electrons. The second-order valence-corrected chi connectivity index (χ2v) is 4.23. The number of carbonyl (C=O) groups is 1. The Kier molecular flexibility index (Phi) is 3.81. The zero-order chi connectivity index (χ0) is 16.5. The topological polar surface area (TPSA) is 93.3 Å². The third-order valence-electron chi connectivity index (χ3n) is 2.79. The minimum atomic E-state index is -4.76. The summed E-state index contributed by atoms with van der Waals surface area (Å²) in [5.41, 5.74) is -2.43. The monoisotopic (exact) mass is 312 g/mol. The van der Waals surface area contributed by atoms with E-state index in [1.54, 1.807) is 0 Å². The van der Waals surface area contributed by atoms with Crippen LogP contribution in [0.4, 0.5) is 18.9 Å². The number of aromatic carboxylic acids is 1. The molecule has 0 aliphatic rings. The van der Waals surface area contributed by atoms with Crippen molar-refractivity contribution >= 4 is 11.7 Å². The van der Waals surface area contributed by atoms with Gasteiger partial charge in [0.2, 0.25) is 0 Å². The van der Waals surface area contributed by atoms with Gasteiger partial charge in [-0.25, -0.2) is 4.79 Å². The molecule has 1 heterocycles. The normalized spacial score (nSPS) is 11.2. The summed E-state index contributed by atoms with van der Waals surface area (Å²) >= 11 is 0. The highest BCUT2D eigenvalue weighted by atomic mass is 19.4. The van der Waals surface area contributed by atoms with Crippen LogP contribution in [-0.2, 0) is 6.18 Å². The SMILES string of the molecule is O=C(O)c1cnc(C(F)(F)F)cc1-c1cccc([N+](=O)[O-])c1. The molecule has 0 saturated heterocycles. The molecule has 1 aromatic carbocycles. The van der Waals surface area contributed by atoms with Gasteiger partial charge in [0.15, 0.2) is 0 Å². The first-order chi connectivity index (χ1) is 10.2. The highest BCUT2D eigenvalue weighted by Gasteiger charge is 2.33. The number of nitrogens with zero attached hydrogens (tertiary/aromatic N) is 2. The smallest absolute Gasteiger partial charge is 0.433 e. The lowest BCUT2D eigenvalue weighted by Crippen LogP contribution is -2.10. The number of pyridine rings is 1. The van der Waals surface area contributed by atoms with E-state index in [0.717, 1.165) is 12.1 Å². The van der Waals surface area contributed by atoms with Gasteiger partial charge in [0.1, 0.15) is 5.69 Å². The molecule has 0 spiro atoms. The number of rotatable bonds is 3. The molecule has 0 aliphatic carbocycles. The summed E-state index contributed by atoms with van der Waals surface area (Å²) in [6.45, 7) is 0. The Labute approximate surface area is 121 Å². The Hall–Kier alpha value is -2.97. The molecule has 0 bridgehead atoms. The maximum absolute atomic E-state index is 12.7. The molecule has 2 rings (SSSR count). The van der Waals surface area contributed by atoms with Gasteiger partial charge >= 0.3 is 12.1 Å². The van der Waals surface area contributed by atoms with Crippen molar-refractivity contribution in [2.24, 2.45) is 0 Å². The minimum absolute atomic E-state index is 0.0144. The van der Waals surface area contributed by atoms with E-state index in [9.17, 15) is 28.1 Å². The number of benzene rings is 1. The van der Waals surface area contributed by atoms with E-state index in [4.69, 9.17) is 5.11 Å². The summed E-state index contributed by atoms with van der Waals surface area (Å²) in [7, 11) is 0. The van der Waals surface area contributed by atoms with Crippen molar-refractivity contribution in [3.8, 4) is 11.1 Å². The number of non-ortho nitro benzene ring substituents is 1. The van der Waals surface area contributed by atoms with E-state index >= 15 is 0 Å². The third-order valence-corrected chi connectivity index (χ3v) is 2.79. The van der Waals surface area contributed by atoms with Gasteiger partial charge in [-0.2, -0.15) is 13.2 Å². The number of nitro benzene ring substituents is 1. The molecule has 1 N–H and O–H groups in total. The first kappa shape index (κ1) is 15.4. The van der Waals surface area contributed by atoms with Crippen LogP contribution in [0.15, 0.2) is 36.5 Å². The summed E-state index contributed by atoms with van der Waals surface area (Å²) in [6.07, 6.45) is -4.17. The van der Waals surface area contributed by atoms with Gasteiger partial charge in [-0.1, -0.05) is 12.1 Å². The van der Waals surface area contributed by atoms with Gasteiger partial charge < -0.3 is 5.11 Å². The van der Waals surface area contributed by atoms with Crippen molar-refractivity contribution in [1.82, 2.24) is 4.98 Å². The van der Waals surface area contributed by atoms with Crippen molar-refractivity contribution in [3.63, 3.8) is 0 Å². The third kappa shape index (κ3) is 3.03. The number of carboxylic acids is 1. The summed E-state index contributed by atoms with van der Waals surface area (Å²) in [4.78, 5) is 24.2. The Morgan fingerprint density at radius 2 is 1.95 bits per heavy atom. The summed E-state index contributed by atoms with van der Waals surface area (Å²) in [5, 5.41) is 19.8. The molecular formula is C13H7F3N2O4. The maximum Gasteiger partial charge on any atom is 0.433 e. The van der Waals surface area contributed by atoms with Gasteiger partial charge in [0, 0.05) is 23.9 Å². The molecule has 22 heavy (non-hydrogen) atoms. The van der Waals surface area contributed by atoms with Gasteiger partial charge in [-0.05, 0) is 11.6 Å². The lowest BCUT2D eigenvalue weighted by Gasteiger charge is -2.10. The lowest BCUT2D eigenvalue weighted by molar-refractivity contribution is -0.384. The minimum Gasteiger partial charge on any atom is -0.478 e. The second kappa shape index (κ2) is 5.43. The van der Waals surface area contributed by atoms with Crippen molar-refractivity contribution in [2.45, 2.75) is 6.18 Å². The number of halogens is 3. The first-order valence-electron chi connectivity index (χ1n) is 5.75. The predicted octanol–water partition coefficient (Wildman–Crippen LogP) is 3.37. The molecule has 0 radical (unpaired) electrons. The van der Waals surface area contributed by atoms with E-state index < -0.39 is 28.3 Å². The molecule has 0 unspecified atom stereocenters. The Bertz CT molecular complexity index is 759. The second-order valence-electron chi connectivity index (χ2n) is 4.23. The average molecular weight is 312 g/mol. The van der Waals surface area contributed by atoms with Crippen LogP contribution in [0, 0.1) is 10.1 Å². The Morgan fingerprint density at radius 3 is 2.50 bits per heavy atom. The fourth-order valence-electron chi connectivity index (χ4n) is 1.81. The molecule has 2 aromatic rings. The van der Waals surface area contributed by atoms with Crippen molar-refractivity contribution in [2.75, 3.05) is 0 Å². The van der Waals surface area contributed by atoms with Crippen LogP contribution in [0.5, 0.6) is 0 Å². The number of aromatic nitrogens is 1. The van der Waals surface area contributed by atoms with E-state index in [2.05, 4.69) is 4.98 Å². The van der Waals surface area contributed by atoms with Crippen LogP contribution in [0.3, 0.4) is 0 Å². The molecule has 0 amide bonds.